The van der Waals surface area contributed by atoms with Crippen LogP contribution in [0.25, 0.3) is 0 Å². The molecule has 0 amide bonds. The first-order chi connectivity index (χ1) is 8.20. The Bertz CT molecular complexity index is 381. The zero-order valence-corrected chi connectivity index (χ0v) is 11.0. The Kier molecular flexibility index (Phi) is 4.65. The largest absolute Gasteiger partial charge is 0.377 e. The van der Waals surface area contributed by atoms with E-state index < -0.39 is 0 Å². The molecule has 1 aromatic carbocycles. The quantitative estimate of drug-likeness (QED) is 0.655. The molecule has 0 aromatic heterocycles. The van der Waals surface area contributed by atoms with E-state index >= 15 is 0 Å². The SMILES string of the molecule is NNC(Cc1cc(Cl)ccc1Cl)C1CCCO1. The second-order valence-corrected chi connectivity index (χ2v) is 5.11. The van der Waals surface area contributed by atoms with Crippen LogP contribution in [0.5, 0.6) is 0 Å². The number of hydrazine groups is 1. The molecule has 1 heterocycles. The van der Waals surface area contributed by atoms with Crippen molar-refractivity contribution >= 4 is 23.2 Å². The molecule has 2 atom stereocenters. The van der Waals surface area contributed by atoms with Crippen molar-refractivity contribution < 1.29 is 4.74 Å². The van der Waals surface area contributed by atoms with Gasteiger partial charge in [-0.25, -0.2) is 0 Å². The molecule has 0 spiro atoms. The monoisotopic (exact) mass is 274 g/mol. The van der Waals surface area contributed by atoms with E-state index in [1.54, 1.807) is 6.07 Å². The first-order valence-corrected chi connectivity index (χ1v) is 6.48. The topological polar surface area (TPSA) is 47.3 Å². The van der Waals surface area contributed by atoms with Gasteiger partial charge in [-0.15, -0.1) is 0 Å². The maximum atomic E-state index is 6.14. The molecule has 1 aliphatic rings. The van der Waals surface area contributed by atoms with Gasteiger partial charge in [0.05, 0.1) is 12.1 Å². The smallest absolute Gasteiger partial charge is 0.0745 e. The Morgan fingerprint density at radius 3 is 2.94 bits per heavy atom. The molecular formula is C12H16Cl2N2O. The van der Waals surface area contributed by atoms with Crippen molar-refractivity contribution in [3.05, 3.63) is 33.8 Å². The summed E-state index contributed by atoms with van der Waals surface area (Å²) in [6.07, 6.45) is 3.01. The van der Waals surface area contributed by atoms with Gasteiger partial charge in [0.1, 0.15) is 0 Å². The van der Waals surface area contributed by atoms with Crippen LogP contribution >= 0.6 is 23.2 Å². The average molecular weight is 275 g/mol. The van der Waals surface area contributed by atoms with E-state index in [1.807, 2.05) is 12.1 Å². The van der Waals surface area contributed by atoms with E-state index in [9.17, 15) is 0 Å². The Balaban J connectivity index is 2.09. The van der Waals surface area contributed by atoms with Crippen LogP contribution in [0.15, 0.2) is 18.2 Å². The lowest BCUT2D eigenvalue weighted by Crippen LogP contribution is -2.45. The molecule has 0 saturated carbocycles. The van der Waals surface area contributed by atoms with Gasteiger partial charge in [-0.2, -0.15) is 0 Å². The molecular weight excluding hydrogens is 259 g/mol. The second kappa shape index (κ2) is 6.03. The molecule has 0 bridgehead atoms. The molecule has 94 valence electrons. The molecule has 0 radical (unpaired) electrons. The summed E-state index contributed by atoms with van der Waals surface area (Å²) in [4.78, 5) is 0. The van der Waals surface area contributed by atoms with Gasteiger partial charge in [0, 0.05) is 16.7 Å². The number of nitrogens with one attached hydrogen (secondary N) is 1. The number of benzene rings is 1. The van der Waals surface area contributed by atoms with E-state index in [-0.39, 0.29) is 12.1 Å². The van der Waals surface area contributed by atoms with Crippen molar-refractivity contribution in [2.45, 2.75) is 31.4 Å². The number of hydrogen-bond acceptors (Lipinski definition) is 3. The van der Waals surface area contributed by atoms with Crippen LogP contribution in [0.2, 0.25) is 10.0 Å². The molecule has 1 aromatic rings. The Labute approximate surface area is 111 Å². The van der Waals surface area contributed by atoms with Gasteiger partial charge in [-0.05, 0) is 43.0 Å². The standard InChI is InChI=1S/C12H16Cl2N2O/c13-9-3-4-10(14)8(6-9)7-11(16-15)12-2-1-5-17-12/h3-4,6,11-12,16H,1-2,5,7,15H2. The van der Waals surface area contributed by atoms with Crippen molar-refractivity contribution in [3.63, 3.8) is 0 Å². The molecule has 1 fully saturated rings. The number of nitrogens with two attached hydrogens (primary N) is 1. The predicted molar refractivity (Wildman–Crippen MR) is 70.3 cm³/mol. The van der Waals surface area contributed by atoms with Crippen LogP contribution in [-0.4, -0.2) is 18.8 Å². The first kappa shape index (κ1) is 13.1. The lowest BCUT2D eigenvalue weighted by molar-refractivity contribution is 0.0784. The average Bonchev–Trinajstić information content (AvgIpc) is 2.84. The number of ether oxygens (including phenoxy) is 1. The molecule has 3 N–H and O–H groups in total. The maximum Gasteiger partial charge on any atom is 0.0745 e. The zero-order valence-electron chi connectivity index (χ0n) is 9.46. The number of hydrogen-bond donors (Lipinski definition) is 2. The lowest BCUT2D eigenvalue weighted by atomic mass is 10.00. The second-order valence-electron chi connectivity index (χ2n) is 4.26. The minimum atomic E-state index is 0.0773. The summed E-state index contributed by atoms with van der Waals surface area (Å²) in [6, 6.07) is 5.55. The highest BCUT2D eigenvalue weighted by atomic mass is 35.5. The highest BCUT2D eigenvalue weighted by Gasteiger charge is 2.25. The minimum Gasteiger partial charge on any atom is -0.377 e. The summed E-state index contributed by atoms with van der Waals surface area (Å²) in [5.41, 5.74) is 3.81. The van der Waals surface area contributed by atoms with E-state index in [1.165, 1.54) is 0 Å². The van der Waals surface area contributed by atoms with Gasteiger partial charge in [0.2, 0.25) is 0 Å². The normalized spacial score (nSPS) is 21.7. The van der Waals surface area contributed by atoms with Crippen molar-refractivity contribution in [1.29, 1.82) is 0 Å². The fourth-order valence-corrected chi connectivity index (χ4v) is 2.54. The van der Waals surface area contributed by atoms with Crippen molar-refractivity contribution in [1.82, 2.24) is 5.43 Å². The van der Waals surface area contributed by atoms with E-state index in [0.717, 1.165) is 31.4 Å². The lowest BCUT2D eigenvalue weighted by Gasteiger charge is -2.22. The summed E-state index contributed by atoms with van der Waals surface area (Å²) in [7, 11) is 0. The third-order valence-corrected chi connectivity index (χ3v) is 3.68. The van der Waals surface area contributed by atoms with Crippen molar-refractivity contribution in [3.8, 4) is 0 Å². The number of rotatable bonds is 4. The molecule has 1 saturated heterocycles. The third kappa shape index (κ3) is 3.33. The Morgan fingerprint density at radius 1 is 1.47 bits per heavy atom. The third-order valence-electron chi connectivity index (χ3n) is 3.08. The fraction of sp³-hybridized carbons (Fsp3) is 0.500. The van der Waals surface area contributed by atoms with Gasteiger partial charge in [-0.1, -0.05) is 23.2 Å². The van der Waals surface area contributed by atoms with Gasteiger partial charge >= 0.3 is 0 Å². The van der Waals surface area contributed by atoms with Crippen LogP contribution in [0.3, 0.4) is 0 Å². The van der Waals surface area contributed by atoms with E-state index in [4.69, 9.17) is 33.8 Å². The van der Waals surface area contributed by atoms with Gasteiger partial charge in [-0.3, -0.25) is 11.3 Å². The molecule has 17 heavy (non-hydrogen) atoms. The van der Waals surface area contributed by atoms with E-state index in [2.05, 4.69) is 5.43 Å². The minimum absolute atomic E-state index is 0.0773. The van der Waals surface area contributed by atoms with Crippen LogP contribution in [0.1, 0.15) is 18.4 Å². The summed E-state index contributed by atoms with van der Waals surface area (Å²) < 4.78 is 5.63. The molecule has 1 aliphatic heterocycles. The van der Waals surface area contributed by atoms with Gasteiger partial charge in [0.15, 0.2) is 0 Å². The Morgan fingerprint density at radius 2 is 2.29 bits per heavy atom. The molecule has 5 heteroatoms. The zero-order chi connectivity index (χ0) is 12.3. The molecule has 3 nitrogen and oxygen atoms in total. The van der Waals surface area contributed by atoms with Crippen LogP contribution in [0.4, 0.5) is 0 Å². The van der Waals surface area contributed by atoms with Gasteiger partial charge < -0.3 is 4.74 Å². The number of halogens is 2. The van der Waals surface area contributed by atoms with Crippen LogP contribution < -0.4 is 11.3 Å². The first-order valence-electron chi connectivity index (χ1n) is 5.72. The summed E-state index contributed by atoms with van der Waals surface area (Å²) in [6.45, 7) is 0.812. The predicted octanol–water partition coefficient (Wildman–Crippen LogP) is 2.55. The van der Waals surface area contributed by atoms with E-state index in [0.29, 0.717) is 10.0 Å². The van der Waals surface area contributed by atoms with Crippen LogP contribution in [0, 0.1) is 0 Å². The highest BCUT2D eigenvalue weighted by molar-refractivity contribution is 6.33. The molecule has 0 aliphatic carbocycles. The maximum absolute atomic E-state index is 6.14. The summed E-state index contributed by atoms with van der Waals surface area (Å²) in [5.74, 6) is 5.58. The fourth-order valence-electron chi connectivity index (χ4n) is 2.15. The summed E-state index contributed by atoms with van der Waals surface area (Å²) >= 11 is 12.1. The molecule has 2 rings (SSSR count). The summed E-state index contributed by atoms with van der Waals surface area (Å²) in [5, 5.41) is 1.40. The van der Waals surface area contributed by atoms with Crippen molar-refractivity contribution in [2.75, 3.05) is 6.61 Å². The highest BCUT2D eigenvalue weighted by Crippen LogP contribution is 2.24. The van der Waals surface area contributed by atoms with Gasteiger partial charge in [0.25, 0.3) is 0 Å². The van der Waals surface area contributed by atoms with Crippen LogP contribution in [-0.2, 0) is 11.2 Å². The van der Waals surface area contributed by atoms with Crippen molar-refractivity contribution in [2.24, 2.45) is 5.84 Å². The Hall–Kier alpha value is -0.320. The molecule has 2 unspecified atom stereocenters.